The van der Waals surface area contributed by atoms with Crippen molar-refractivity contribution < 1.29 is 28.9 Å². The minimum absolute atomic E-state index is 0.0453. The summed E-state index contributed by atoms with van der Waals surface area (Å²) >= 11 is 12.4. The normalized spacial score (nSPS) is 15.9. The highest BCUT2D eigenvalue weighted by Gasteiger charge is 2.24. The number of amides is 1. The van der Waals surface area contributed by atoms with Gasteiger partial charge < -0.3 is 24.6 Å². The zero-order valence-electron chi connectivity index (χ0n) is 29.4. The number of hydrogen-bond donors (Lipinski definition) is 2. The smallest absolute Gasteiger partial charge is 0.305 e. The number of aromatic nitrogens is 8. The number of hydrogen-bond acceptors (Lipinski definition) is 11. The van der Waals surface area contributed by atoms with E-state index in [1.807, 2.05) is 19.1 Å². The fraction of sp³-hybridized carbons (Fsp3) is 0.389. The molecule has 6 rings (SSSR count). The van der Waals surface area contributed by atoms with Crippen molar-refractivity contribution in [2.24, 2.45) is 5.92 Å². The first-order chi connectivity index (χ1) is 26.2. The number of nitrogens with one attached hydrogen (secondary N) is 1. The van der Waals surface area contributed by atoms with E-state index in [0.29, 0.717) is 97.9 Å². The molecule has 18 heteroatoms. The van der Waals surface area contributed by atoms with Crippen LogP contribution >= 0.6 is 23.2 Å². The molecular formula is C36H39Cl2N9O7. The minimum Gasteiger partial charge on any atom is -0.481 e. The Morgan fingerprint density at radius 1 is 0.963 bits per heavy atom. The summed E-state index contributed by atoms with van der Waals surface area (Å²) in [7, 11) is 0. The average Bonchev–Trinajstić information content (AvgIpc) is 3.77. The molecule has 0 saturated heterocycles. The molecule has 0 radical (unpaired) electrons. The van der Waals surface area contributed by atoms with Gasteiger partial charge in [-0.25, -0.2) is 9.67 Å². The number of anilines is 1. The molecule has 16 nitrogen and oxygen atoms in total. The monoisotopic (exact) mass is 779 g/mol. The van der Waals surface area contributed by atoms with Crippen LogP contribution in [0.3, 0.4) is 0 Å². The molecule has 1 aliphatic rings. The van der Waals surface area contributed by atoms with E-state index < -0.39 is 12.0 Å². The number of pyridine rings is 1. The number of aliphatic carboxylic acids is 1. The van der Waals surface area contributed by atoms with Crippen LogP contribution in [0.15, 0.2) is 66.1 Å². The van der Waals surface area contributed by atoms with Crippen molar-refractivity contribution in [1.82, 2.24) is 39.3 Å². The topological polar surface area (TPSA) is 190 Å². The van der Waals surface area contributed by atoms with Crippen molar-refractivity contribution >= 4 is 40.8 Å². The number of ether oxygens (including phenoxy) is 3. The van der Waals surface area contributed by atoms with Crippen LogP contribution in [0, 0.1) is 5.92 Å². The molecular weight excluding hydrogens is 741 g/mol. The fourth-order valence-corrected chi connectivity index (χ4v) is 6.28. The molecule has 0 unspecified atom stereocenters. The van der Waals surface area contributed by atoms with Crippen LogP contribution in [0.5, 0.6) is 0 Å². The number of halogens is 2. The molecule has 54 heavy (non-hydrogen) atoms. The van der Waals surface area contributed by atoms with E-state index in [1.165, 1.54) is 17.1 Å². The molecule has 0 fully saturated rings. The molecule has 1 amide bonds. The average molecular weight is 781 g/mol. The molecule has 2 bridgehead atoms. The van der Waals surface area contributed by atoms with E-state index >= 15 is 0 Å². The number of fused-ring (bicyclic) bond motifs is 4. The Balaban J connectivity index is 1.19. The first kappa shape index (κ1) is 38.7. The molecule has 0 spiro atoms. The molecule has 284 valence electrons. The van der Waals surface area contributed by atoms with Gasteiger partial charge in [-0.15, -0.1) is 5.10 Å². The first-order valence-electron chi connectivity index (χ1n) is 17.4. The van der Waals surface area contributed by atoms with Crippen LogP contribution in [-0.2, 0) is 30.3 Å². The van der Waals surface area contributed by atoms with E-state index in [4.69, 9.17) is 47.6 Å². The number of carbonyl (C=O) groups excluding carboxylic acids is 1. The number of benzene rings is 1. The quantitative estimate of drug-likeness (QED) is 0.137. The molecule has 0 saturated carbocycles. The summed E-state index contributed by atoms with van der Waals surface area (Å²) in [6, 6.07) is 9.85. The van der Waals surface area contributed by atoms with Gasteiger partial charge in [-0.3, -0.25) is 28.6 Å². The number of rotatable bonds is 15. The van der Waals surface area contributed by atoms with Crippen molar-refractivity contribution in [3.63, 3.8) is 0 Å². The van der Waals surface area contributed by atoms with Crippen LogP contribution in [0.1, 0.15) is 44.3 Å². The lowest BCUT2D eigenvalue weighted by Crippen LogP contribution is -2.27. The summed E-state index contributed by atoms with van der Waals surface area (Å²) in [6.45, 7) is 4.14. The van der Waals surface area contributed by atoms with Gasteiger partial charge in [0.15, 0.2) is 5.15 Å². The minimum atomic E-state index is -0.905. The third kappa shape index (κ3) is 9.95. The van der Waals surface area contributed by atoms with E-state index in [9.17, 15) is 14.4 Å². The summed E-state index contributed by atoms with van der Waals surface area (Å²) in [4.78, 5) is 47.1. The predicted molar refractivity (Wildman–Crippen MR) is 199 cm³/mol. The van der Waals surface area contributed by atoms with E-state index in [0.717, 1.165) is 5.56 Å². The second-order valence-corrected chi connectivity index (χ2v) is 13.4. The molecule has 2 atom stereocenters. The molecule has 1 aromatic carbocycles. The molecule has 0 aliphatic carbocycles. The van der Waals surface area contributed by atoms with Gasteiger partial charge >= 0.3 is 5.97 Å². The van der Waals surface area contributed by atoms with Gasteiger partial charge in [0.1, 0.15) is 5.69 Å². The summed E-state index contributed by atoms with van der Waals surface area (Å²) in [5, 5.41) is 25.1. The van der Waals surface area contributed by atoms with Crippen molar-refractivity contribution in [1.29, 1.82) is 0 Å². The Hall–Kier alpha value is -5.00. The highest BCUT2D eigenvalue weighted by Crippen LogP contribution is 2.33. The second-order valence-electron chi connectivity index (χ2n) is 12.6. The fourth-order valence-electron chi connectivity index (χ4n) is 5.98. The maximum Gasteiger partial charge on any atom is 0.305 e. The summed E-state index contributed by atoms with van der Waals surface area (Å²) < 4.78 is 21.2. The maximum atomic E-state index is 13.9. The van der Waals surface area contributed by atoms with Gasteiger partial charge in [0.2, 0.25) is 5.91 Å². The Bertz CT molecular complexity index is 2140. The maximum absolute atomic E-state index is 13.9. The zero-order chi connectivity index (χ0) is 38.0. The third-order valence-corrected chi connectivity index (χ3v) is 9.17. The van der Waals surface area contributed by atoms with Crippen LogP contribution in [0.2, 0.25) is 10.2 Å². The van der Waals surface area contributed by atoms with E-state index in [-0.39, 0.29) is 35.6 Å². The summed E-state index contributed by atoms with van der Waals surface area (Å²) in [5.41, 5.74) is 3.77. The highest BCUT2D eigenvalue weighted by atomic mass is 35.5. The standard InChI is InChI=1S/C36H39Cl2N9O7/c1-23-3-2-4-31(46-22-40-27(19-33(46)48)26-18-25(37)5-6-30(26)47-21-32(38)42-44-47)28-17-24(7-9-39-28)35-29(41-36(23)51)20-45(43-35)10-12-53-14-16-54-15-13-52-11-8-34(49)50/h5-7,9,17-23,31H,2-4,8,10-16H2,1H3,(H,41,51)(H,49,50)/t23-,31+/m1/s1. The van der Waals surface area contributed by atoms with Crippen LogP contribution in [0.25, 0.3) is 28.2 Å². The van der Waals surface area contributed by atoms with Gasteiger partial charge in [0.25, 0.3) is 5.56 Å². The van der Waals surface area contributed by atoms with Gasteiger partial charge in [0.05, 0.1) is 93.9 Å². The van der Waals surface area contributed by atoms with E-state index in [1.54, 1.807) is 46.0 Å². The molecule has 4 aromatic heterocycles. The summed E-state index contributed by atoms with van der Waals surface area (Å²) in [5.74, 6) is -1.34. The number of nitrogens with zero attached hydrogens (tertiary/aromatic N) is 8. The Labute approximate surface area is 320 Å². The van der Waals surface area contributed by atoms with Crippen LogP contribution in [0.4, 0.5) is 5.69 Å². The number of carboxylic acids is 1. The Kier molecular flexibility index (Phi) is 13.2. The van der Waals surface area contributed by atoms with Crippen molar-refractivity contribution in [2.75, 3.05) is 45.0 Å². The van der Waals surface area contributed by atoms with Crippen LogP contribution < -0.4 is 10.9 Å². The Morgan fingerprint density at radius 2 is 1.74 bits per heavy atom. The first-order valence-corrected chi connectivity index (χ1v) is 18.2. The lowest BCUT2D eigenvalue weighted by Gasteiger charge is -2.22. The van der Waals surface area contributed by atoms with Gasteiger partial charge in [-0.05, 0) is 43.2 Å². The number of carbonyl (C=O) groups is 2. The molecule has 5 heterocycles. The van der Waals surface area contributed by atoms with Crippen LogP contribution in [-0.4, -0.2) is 95.9 Å². The van der Waals surface area contributed by atoms with Gasteiger partial charge in [-0.2, -0.15) is 5.10 Å². The van der Waals surface area contributed by atoms with Crippen molar-refractivity contribution in [3.05, 3.63) is 87.5 Å². The third-order valence-electron chi connectivity index (χ3n) is 8.77. The highest BCUT2D eigenvalue weighted by molar-refractivity contribution is 6.31. The van der Waals surface area contributed by atoms with Crippen molar-refractivity contribution in [3.8, 4) is 28.2 Å². The van der Waals surface area contributed by atoms with Crippen molar-refractivity contribution in [2.45, 2.75) is 45.2 Å². The molecule has 2 N–H and O–H groups in total. The lowest BCUT2D eigenvalue weighted by molar-refractivity contribution is -0.138. The molecule has 5 aromatic rings. The SMILES string of the molecule is C[C@@H]1CCC[C@H](n2cnc(-c3cc(Cl)ccc3-n3cc(Cl)nn3)cc2=O)c2cc(ccn2)-c2nn(CCOCCOCCOCCC(=O)O)cc2NC1=O. The zero-order valence-corrected chi connectivity index (χ0v) is 30.9. The molecule has 1 aliphatic heterocycles. The second kappa shape index (κ2) is 18.4. The van der Waals surface area contributed by atoms with E-state index in [2.05, 4.69) is 25.6 Å². The lowest BCUT2D eigenvalue weighted by atomic mass is 9.97. The van der Waals surface area contributed by atoms with Gasteiger partial charge in [-0.1, -0.05) is 41.8 Å². The number of carboxylic acid groups (broad SMARTS) is 1. The van der Waals surface area contributed by atoms with Gasteiger partial charge in [0, 0.05) is 40.5 Å². The Morgan fingerprint density at radius 3 is 2.48 bits per heavy atom. The predicted octanol–water partition coefficient (Wildman–Crippen LogP) is 4.93. The summed E-state index contributed by atoms with van der Waals surface area (Å²) in [6.07, 6.45) is 8.24. The largest absolute Gasteiger partial charge is 0.481 e.